The lowest BCUT2D eigenvalue weighted by atomic mass is 10.2. The van der Waals surface area contributed by atoms with Crippen molar-refractivity contribution in [3.05, 3.63) is 36.5 Å². The van der Waals surface area contributed by atoms with Crippen LogP contribution in [-0.2, 0) is 4.74 Å². The second-order valence-corrected chi connectivity index (χ2v) is 6.39. The third-order valence-corrected chi connectivity index (χ3v) is 4.25. The van der Waals surface area contributed by atoms with E-state index in [0.717, 1.165) is 18.9 Å². The van der Waals surface area contributed by atoms with Crippen molar-refractivity contribution < 1.29 is 13.5 Å². The van der Waals surface area contributed by atoms with Crippen LogP contribution in [0.3, 0.4) is 0 Å². The van der Waals surface area contributed by atoms with Crippen LogP contribution >= 0.6 is 0 Å². The Morgan fingerprint density at radius 2 is 1.88 bits per heavy atom. The molecule has 1 saturated heterocycles. The minimum Gasteiger partial charge on any atom is -0.372 e. The molecule has 4 rings (SSSR count). The molecular weight excluding hydrogens is 342 g/mol. The lowest BCUT2D eigenvalue weighted by Gasteiger charge is -2.36. The highest BCUT2D eigenvalue weighted by Gasteiger charge is 2.24. The zero-order chi connectivity index (χ0) is 18.3. The molecule has 0 saturated carbocycles. The van der Waals surface area contributed by atoms with Crippen LogP contribution in [0.5, 0.6) is 0 Å². The number of rotatable bonds is 3. The fraction of sp³-hybridized carbons (Fsp3) is 0.412. The summed E-state index contributed by atoms with van der Waals surface area (Å²) in [5, 5.41) is 0. The molecule has 0 amide bonds. The first-order valence-corrected chi connectivity index (χ1v) is 8.36. The molecule has 0 bridgehead atoms. The van der Waals surface area contributed by atoms with Crippen molar-refractivity contribution in [1.29, 1.82) is 0 Å². The quantitative estimate of drug-likeness (QED) is 0.715. The van der Waals surface area contributed by atoms with Crippen molar-refractivity contribution in [2.45, 2.75) is 32.5 Å². The SMILES string of the molecule is CC1CN(c2ccnc(-c3cnc4cnc(C(F)F)cn34)n2)CC(C)O1. The molecule has 2 atom stereocenters. The number of morpholine rings is 1. The molecule has 26 heavy (non-hydrogen) atoms. The Kier molecular flexibility index (Phi) is 4.23. The van der Waals surface area contributed by atoms with E-state index >= 15 is 0 Å². The minimum absolute atomic E-state index is 0.104. The third kappa shape index (κ3) is 3.10. The standard InChI is InChI=1S/C17H18F2N6O/c1-10-7-24(8-11(2)26-10)14-3-4-20-17(23-14)13-5-22-15-6-21-12(16(18)19)9-25(13)15/h3-6,9-11,16H,7-8H2,1-2H3. The molecule has 0 aromatic carbocycles. The van der Waals surface area contributed by atoms with Gasteiger partial charge in [-0.25, -0.2) is 28.7 Å². The number of imidazole rings is 1. The Morgan fingerprint density at radius 3 is 2.62 bits per heavy atom. The van der Waals surface area contributed by atoms with Gasteiger partial charge in [0.25, 0.3) is 6.43 Å². The Morgan fingerprint density at radius 1 is 1.12 bits per heavy atom. The Labute approximate surface area is 148 Å². The number of alkyl halides is 2. The van der Waals surface area contributed by atoms with Crippen LogP contribution in [0.25, 0.3) is 17.2 Å². The summed E-state index contributed by atoms with van der Waals surface area (Å²) in [4.78, 5) is 19.0. The maximum Gasteiger partial charge on any atom is 0.281 e. The van der Waals surface area contributed by atoms with Gasteiger partial charge in [-0.05, 0) is 19.9 Å². The highest BCUT2D eigenvalue weighted by Crippen LogP contribution is 2.24. The first kappa shape index (κ1) is 16.8. The van der Waals surface area contributed by atoms with Gasteiger partial charge in [-0.2, -0.15) is 0 Å². The predicted octanol–water partition coefficient (Wildman–Crippen LogP) is 2.74. The molecule has 7 nitrogen and oxygen atoms in total. The largest absolute Gasteiger partial charge is 0.372 e. The molecule has 1 aliphatic rings. The Bertz CT molecular complexity index is 921. The number of aromatic nitrogens is 5. The van der Waals surface area contributed by atoms with Gasteiger partial charge in [0, 0.05) is 25.5 Å². The number of hydrogen-bond acceptors (Lipinski definition) is 6. The van der Waals surface area contributed by atoms with Crippen LogP contribution in [0.4, 0.5) is 14.6 Å². The van der Waals surface area contributed by atoms with E-state index in [1.54, 1.807) is 12.4 Å². The van der Waals surface area contributed by atoms with Gasteiger partial charge in [-0.1, -0.05) is 0 Å². The van der Waals surface area contributed by atoms with Crippen LogP contribution < -0.4 is 4.90 Å². The van der Waals surface area contributed by atoms with Crippen molar-refractivity contribution in [3.8, 4) is 11.5 Å². The number of halogens is 2. The zero-order valence-corrected chi connectivity index (χ0v) is 14.4. The maximum absolute atomic E-state index is 13.0. The average Bonchev–Trinajstić information content (AvgIpc) is 3.04. The number of hydrogen-bond donors (Lipinski definition) is 0. The number of anilines is 1. The molecule has 1 fully saturated rings. The summed E-state index contributed by atoms with van der Waals surface area (Å²) < 4.78 is 33.2. The summed E-state index contributed by atoms with van der Waals surface area (Å²) in [7, 11) is 0. The lowest BCUT2D eigenvalue weighted by Crippen LogP contribution is -2.45. The topological polar surface area (TPSA) is 68.4 Å². The Balaban J connectivity index is 1.72. The van der Waals surface area contributed by atoms with Gasteiger partial charge in [0.15, 0.2) is 11.5 Å². The van der Waals surface area contributed by atoms with E-state index in [-0.39, 0.29) is 17.9 Å². The normalized spacial score (nSPS) is 20.9. The van der Waals surface area contributed by atoms with Crippen molar-refractivity contribution in [2.24, 2.45) is 0 Å². The summed E-state index contributed by atoms with van der Waals surface area (Å²) in [6.45, 7) is 5.50. The van der Waals surface area contributed by atoms with E-state index in [9.17, 15) is 8.78 Å². The lowest BCUT2D eigenvalue weighted by molar-refractivity contribution is -0.00546. The summed E-state index contributed by atoms with van der Waals surface area (Å²) >= 11 is 0. The second kappa shape index (κ2) is 6.56. The third-order valence-electron chi connectivity index (χ3n) is 4.25. The van der Waals surface area contributed by atoms with Gasteiger partial charge < -0.3 is 9.64 Å². The summed E-state index contributed by atoms with van der Waals surface area (Å²) in [6.07, 6.45) is 3.38. The monoisotopic (exact) mass is 360 g/mol. The first-order valence-electron chi connectivity index (χ1n) is 8.36. The van der Waals surface area contributed by atoms with E-state index < -0.39 is 6.43 Å². The number of fused-ring (bicyclic) bond motifs is 1. The molecule has 0 spiro atoms. The molecule has 0 aliphatic carbocycles. The zero-order valence-electron chi connectivity index (χ0n) is 14.4. The van der Waals surface area contributed by atoms with Crippen molar-refractivity contribution in [1.82, 2.24) is 24.3 Å². The van der Waals surface area contributed by atoms with Crippen LogP contribution in [0.2, 0.25) is 0 Å². The highest BCUT2D eigenvalue weighted by atomic mass is 19.3. The molecule has 9 heteroatoms. The van der Waals surface area contributed by atoms with E-state index in [1.165, 1.54) is 16.8 Å². The number of ether oxygens (including phenoxy) is 1. The minimum atomic E-state index is -2.65. The molecule has 0 radical (unpaired) electrons. The highest BCUT2D eigenvalue weighted by molar-refractivity contribution is 5.58. The molecule has 3 aromatic heterocycles. The van der Waals surface area contributed by atoms with Gasteiger partial charge in [-0.3, -0.25) is 4.40 Å². The summed E-state index contributed by atoms with van der Waals surface area (Å²) in [5.41, 5.74) is 0.691. The van der Waals surface area contributed by atoms with Crippen molar-refractivity contribution in [3.63, 3.8) is 0 Å². The van der Waals surface area contributed by atoms with Gasteiger partial charge in [-0.15, -0.1) is 0 Å². The van der Waals surface area contributed by atoms with E-state index in [2.05, 4.69) is 24.8 Å². The van der Waals surface area contributed by atoms with Crippen molar-refractivity contribution in [2.75, 3.05) is 18.0 Å². The van der Waals surface area contributed by atoms with Gasteiger partial charge in [0.05, 0.1) is 24.6 Å². The van der Waals surface area contributed by atoms with Crippen LogP contribution in [0.15, 0.2) is 30.9 Å². The predicted molar refractivity (Wildman–Crippen MR) is 91.2 cm³/mol. The molecule has 136 valence electrons. The van der Waals surface area contributed by atoms with Gasteiger partial charge >= 0.3 is 0 Å². The summed E-state index contributed by atoms with van der Waals surface area (Å²) in [6, 6.07) is 1.84. The molecule has 1 aliphatic heterocycles. The maximum atomic E-state index is 13.0. The first-order chi connectivity index (χ1) is 12.5. The smallest absolute Gasteiger partial charge is 0.281 e. The molecule has 2 unspecified atom stereocenters. The molecular formula is C17H18F2N6O. The fourth-order valence-corrected chi connectivity index (χ4v) is 3.20. The summed E-state index contributed by atoms with van der Waals surface area (Å²) in [5.74, 6) is 1.20. The van der Waals surface area contributed by atoms with Crippen LogP contribution in [0, 0.1) is 0 Å². The van der Waals surface area contributed by atoms with Gasteiger partial charge in [0.2, 0.25) is 0 Å². The number of nitrogens with zero attached hydrogens (tertiary/aromatic N) is 6. The van der Waals surface area contributed by atoms with Crippen LogP contribution in [0.1, 0.15) is 26.0 Å². The molecule has 4 heterocycles. The molecule has 0 N–H and O–H groups in total. The van der Waals surface area contributed by atoms with Crippen LogP contribution in [-0.4, -0.2) is 49.6 Å². The second-order valence-electron chi connectivity index (χ2n) is 6.39. The van der Waals surface area contributed by atoms with E-state index in [4.69, 9.17) is 4.74 Å². The average molecular weight is 360 g/mol. The Hall–Kier alpha value is -2.68. The van der Waals surface area contributed by atoms with E-state index in [1.807, 2.05) is 19.9 Å². The fourth-order valence-electron chi connectivity index (χ4n) is 3.20. The molecule has 3 aromatic rings. The van der Waals surface area contributed by atoms with Crippen molar-refractivity contribution >= 4 is 11.5 Å². The van der Waals surface area contributed by atoms with E-state index in [0.29, 0.717) is 17.2 Å². The van der Waals surface area contributed by atoms with Gasteiger partial charge in [0.1, 0.15) is 17.2 Å².